The standard InChI is InChI=1S/C16H20BrClN2S/c1-3-12(19)8-13-14(18)5-4-6-15(13)20(2)9-11-7-16(17)21-10-11/h4-7,10,12H,3,8-9,19H2,1-2H3. The third-order valence-electron chi connectivity index (χ3n) is 3.54. The number of benzene rings is 1. The van der Waals surface area contributed by atoms with Gasteiger partial charge >= 0.3 is 0 Å². The lowest BCUT2D eigenvalue weighted by Gasteiger charge is -2.24. The maximum Gasteiger partial charge on any atom is 0.0701 e. The van der Waals surface area contributed by atoms with Crippen LogP contribution in [0.3, 0.4) is 0 Å². The summed E-state index contributed by atoms with van der Waals surface area (Å²) in [6.07, 6.45) is 1.76. The van der Waals surface area contributed by atoms with E-state index >= 15 is 0 Å². The number of halogens is 2. The van der Waals surface area contributed by atoms with E-state index in [1.165, 1.54) is 5.56 Å². The van der Waals surface area contributed by atoms with Gasteiger partial charge in [-0.15, -0.1) is 11.3 Å². The molecule has 0 saturated heterocycles. The zero-order valence-electron chi connectivity index (χ0n) is 12.3. The molecule has 0 amide bonds. The Morgan fingerprint density at radius 3 is 2.81 bits per heavy atom. The fourth-order valence-corrected chi connectivity index (χ4v) is 3.75. The van der Waals surface area contributed by atoms with Gasteiger partial charge in [-0.1, -0.05) is 24.6 Å². The molecule has 114 valence electrons. The highest BCUT2D eigenvalue weighted by Crippen LogP contribution is 2.30. The molecule has 1 atom stereocenters. The van der Waals surface area contributed by atoms with Crippen molar-refractivity contribution >= 4 is 44.6 Å². The lowest BCUT2D eigenvalue weighted by Crippen LogP contribution is -2.24. The summed E-state index contributed by atoms with van der Waals surface area (Å²) in [5.74, 6) is 0. The van der Waals surface area contributed by atoms with Gasteiger partial charge in [0, 0.05) is 30.3 Å². The van der Waals surface area contributed by atoms with Gasteiger partial charge in [0.2, 0.25) is 0 Å². The molecular weight excluding hydrogens is 368 g/mol. The van der Waals surface area contributed by atoms with E-state index in [4.69, 9.17) is 17.3 Å². The second-order valence-corrected chi connectivity index (χ2v) is 7.92. The van der Waals surface area contributed by atoms with Crippen LogP contribution in [0.5, 0.6) is 0 Å². The molecule has 0 aliphatic rings. The van der Waals surface area contributed by atoms with Crippen LogP contribution in [0.25, 0.3) is 0 Å². The molecule has 5 heteroatoms. The minimum Gasteiger partial charge on any atom is -0.370 e. The molecule has 0 aliphatic heterocycles. The van der Waals surface area contributed by atoms with Crippen molar-refractivity contribution in [3.63, 3.8) is 0 Å². The molecule has 2 rings (SSSR count). The molecule has 2 nitrogen and oxygen atoms in total. The van der Waals surface area contributed by atoms with E-state index in [-0.39, 0.29) is 6.04 Å². The van der Waals surface area contributed by atoms with Gasteiger partial charge in [-0.25, -0.2) is 0 Å². The van der Waals surface area contributed by atoms with E-state index in [2.05, 4.69) is 52.3 Å². The molecule has 0 bridgehead atoms. The molecular formula is C16H20BrClN2S. The van der Waals surface area contributed by atoms with E-state index in [1.807, 2.05) is 12.1 Å². The van der Waals surface area contributed by atoms with Crippen molar-refractivity contribution in [2.75, 3.05) is 11.9 Å². The highest BCUT2D eigenvalue weighted by atomic mass is 79.9. The largest absolute Gasteiger partial charge is 0.370 e. The summed E-state index contributed by atoms with van der Waals surface area (Å²) >= 11 is 11.6. The fourth-order valence-electron chi connectivity index (χ4n) is 2.30. The topological polar surface area (TPSA) is 29.3 Å². The maximum atomic E-state index is 6.39. The molecule has 0 saturated carbocycles. The first-order chi connectivity index (χ1) is 10.0. The number of rotatable bonds is 6. The molecule has 1 aromatic heterocycles. The van der Waals surface area contributed by atoms with E-state index in [1.54, 1.807) is 11.3 Å². The van der Waals surface area contributed by atoms with Crippen molar-refractivity contribution in [3.05, 3.63) is 49.6 Å². The monoisotopic (exact) mass is 386 g/mol. The van der Waals surface area contributed by atoms with E-state index in [9.17, 15) is 0 Å². The first-order valence-electron chi connectivity index (χ1n) is 6.98. The molecule has 1 aromatic carbocycles. The Kier molecular flexibility index (Phi) is 6.11. The minimum atomic E-state index is 0.146. The molecule has 21 heavy (non-hydrogen) atoms. The molecule has 0 spiro atoms. The van der Waals surface area contributed by atoms with Gasteiger partial charge in [0.15, 0.2) is 0 Å². The second kappa shape index (κ2) is 7.63. The van der Waals surface area contributed by atoms with E-state index in [0.717, 1.165) is 39.4 Å². The van der Waals surface area contributed by atoms with Crippen molar-refractivity contribution in [1.29, 1.82) is 0 Å². The summed E-state index contributed by atoms with van der Waals surface area (Å²) < 4.78 is 1.16. The summed E-state index contributed by atoms with van der Waals surface area (Å²) in [5, 5.41) is 2.97. The minimum absolute atomic E-state index is 0.146. The molecule has 0 aliphatic carbocycles. The molecule has 2 N–H and O–H groups in total. The van der Waals surface area contributed by atoms with Gasteiger partial charge in [-0.05, 0) is 63.5 Å². The number of anilines is 1. The van der Waals surface area contributed by atoms with Gasteiger partial charge in [-0.3, -0.25) is 0 Å². The van der Waals surface area contributed by atoms with Gasteiger partial charge in [0.1, 0.15) is 0 Å². The summed E-state index contributed by atoms with van der Waals surface area (Å²) in [4.78, 5) is 2.23. The van der Waals surface area contributed by atoms with Crippen molar-refractivity contribution in [1.82, 2.24) is 0 Å². The van der Waals surface area contributed by atoms with Crippen LogP contribution in [-0.2, 0) is 13.0 Å². The summed E-state index contributed by atoms with van der Waals surface area (Å²) in [6.45, 7) is 2.96. The van der Waals surface area contributed by atoms with Gasteiger partial charge in [0.05, 0.1) is 3.79 Å². The highest BCUT2D eigenvalue weighted by Gasteiger charge is 2.14. The number of hydrogen-bond donors (Lipinski definition) is 1. The molecule has 0 radical (unpaired) electrons. The van der Waals surface area contributed by atoms with Crippen LogP contribution in [0, 0.1) is 0 Å². The average molecular weight is 388 g/mol. The van der Waals surface area contributed by atoms with E-state index in [0.29, 0.717) is 0 Å². The molecule has 0 fully saturated rings. The Morgan fingerprint density at radius 2 is 2.19 bits per heavy atom. The number of thiophene rings is 1. The Hall–Kier alpha value is -0.550. The van der Waals surface area contributed by atoms with Gasteiger partial charge in [0.25, 0.3) is 0 Å². The first kappa shape index (κ1) is 16.8. The van der Waals surface area contributed by atoms with Crippen LogP contribution in [0.1, 0.15) is 24.5 Å². The predicted octanol–water partition coefficient (Wildman–Crippen LogP) is 5.08. The molecule has 2 aromatic rings. The maximum absolute atomic E-state index is 6.39. The Morgan fingerprint density at radius 1 is 1.43 bits per heavy atom. The van der Waals surface area contributed by atoms with Crippen LogP contribution in [0.15, 0.2) is 33.4 Å². The average Bonchev–Trinajstić information content (AvgIpc) is 2.86. The number of hydrogen-bond acceptors (Lipinski definition) is 3. The smallest absolute Gasteiger partial charge is 0.0701 e. The highest BCUT2D eigenvalue weighted by molar-refractivity contribution is 9.11. The molecule has 1 heterocycles. The normalized spacial score (nSPS) is 12.4. The first-order valence-corrected chi connectivity index (χ1v) is 9.03. The lowest BCUT2D eigenvalue weighted by molar-refractivity contribution is 0.645. The van der Waals surface area contributed by atoms with Gasteiger partial charge in [-0.2, -0.15) is 0 Å². The zero-order valence-corrected chi connectivity index (χ0v) is 15.4. The Labute approximate surface area is 144 Å². The van der Waals surface area contributed by atoms with Crippen molar-refractivity contribution < 1.29 is 0 Å². The zero-order chi connectivity index (χ0) is 15.4. The van der Waals surface area contributed by atoms with Crippen molar-refractivity contribution in [2.45, 2.75) is 32.4 Å². The fraction of sp³-hybridized carbons (Fsp3) is 0.375. The summed E-state index contributed by atoms with van der Waals surface area (Å²) in [5.41, 5.74) is 9.71. The second-order valence-electron chi connectivity index (χ2n) is 5.23. The van der Waals surface area contributed by atoms with Crippen LogP contribution in [0.2, 0.25) is 5.02 Å². The van der Waals surface area contributed by atoms with E-state index < -0.39 is 0 Å². The van der Waals surface area contributed by atoms with Crippen LogP contribution in [0.4, 0.5) is 5.69 Å². The third kappa shape index (κ3) is 4.46. The summed E-state index contributed by atoms with van der Waals surface area (Å²) in [6, 6.07) is 8.36. The SMILES string of the molecule is CCC(N)Cc1c(Cl)cccc1N(C)Cc1csc(Br)c1. The van der Waals surface area contributed by atoms with Crippen LogP contribution < -0.4 is 10.6 Å². The lowest BCUT2D eigenvalue weighted by atomic mass is 10.0. The van der Waals surface area contributed by atoms with Crippen molar-refractivity contribution in [3.8, 4) is 0 Å². The quantitative estimate of drug-likeness (QED) is 0.749. The third-order valence-corrected chi connectivity index (χ3v) is 5.44. The van der Waals surface area contributed by atoms with Crippen LogP contribution in [-0.4, -0.2) is 13.1 Å². The molecule has 1 unspecified atom stereocenters. The predicted molar refractivity (Wildman–Crippen MR) is 97.5 cm³/mol. The number of nitrogens with zero attached hydrogens (tertiary/aromatic N) is 1. The summed E-state index contributed by atoms with van der Waals surface area (Å²) in [7, 11) is 2.10. The Bertz CT molecular complexity index is 600. The Balaban J connectivity index is 2.23. The van der Waals surface area contributed by atoms with Crippen LogP contribution >= 0.6 is 38.9 Å². The van der Waals surface area contributed by atoms with Crippen molar-refractivity contribution in [2.24, 2.45) is 5.73 Å². The number of nitrogens with two attached hydrogens (primary N) is 1. The van der Waals surface area contributed by atoms with Gasteiger partial charge < -0.3 is 10.6 Å².